The number of pyridine rings is 1. The Morgan fingerprint density at radius 2 is 1.82 bits per heavy atom. The van der Waals surface area contributed by atoms with Gasteiger partial charge in [0, 0.05) is 45.0 Å². The second-order valence-electron chi connectivity index (χ2n) is 8.82. The number of carbonyl (C=O) groups excluding carboxylic acids is 2. The van der Waals surface area contributed by atoms with Gasteiger partial charge in [-0.15, -0.1) is 0 Å². The number of morpholine rings is 1. The lowest BCUT2D eigenvalue weighted by Crippen LogP contribution is -2.51. The molecule has 0 spiro atoms. The Morgan fingerprint density at radius 3 is 2.50 bits per heavy atom. The summed E-state index contributed by atoms with van der Waals surface area (Å²) in [6.07, 6.45) is 1.54. The summed E-state index contributed by atoms with van der Waals surface area (Å²) in [4.78, 5) is 41.5. The van der Waals surface area contributed by atoms with E-state index in [9.17, 15) is 14.4 Å². The summed E-state index contributed by atoms with van der Waals surface area (Å²) in [5.74, 6) is 0.0461. The molecule has 0 radical (unpaired) electrons. The first kappa shape index (κ1) is 24.0. The average molecular weight is 473 g/mol. The Hall–Kier alpha value is -3.11. The molecule has 1 aromatic heterocycles. The summed E-state index contributed by atoms with van der Waals surface area (Å²) >= 11 is 0. The van der Waals surface area contributed by atoms with E-state index in [4.69, 9.17) is 14.2 Å². The highest BCUT2D eigenvalue weighted by Crippen LogP contribution is 2.35. The Morgan fingerprint density at radius 1 is 1.12 bits per heavy atom. The van der Waals surface area contributed by atoms with E-state index in [0.29, 0.717) is 48.7 Å². The lowest BCUT2D eigenvalue weighted by atomic mass is 10.0. The van der Waals surface area contributed by atoms with Gasteiger partial charge in [0.05, 0.1) is 24.1 Å². The normalized spacial score (nSPS) is 16.6. The fourth-order valence-electron chi connectivity index (χ4n) is 4.23. The molecule has 0 bridgehead atoms. The zero-order chi connectivity index (χ0) is 24.2. The van der Waals surface area contributed by atoms with Crippen molar-refractivity contribution >= 4 is 22.7 Å². The van der Waals surface area contributed by atoms with Gasteiger partial charge in [0.2, 0.25) is 18.1 Å². The minimum absolute atomic E-state index is 0.0139. The van der Waals surface area contributed by atoms with Crippen molar-refractivity contribution < 1.29 is 23.8 Å². The minimum Gasteiger partial charge on any atom is -0.454 e. The molecule has 0 saturated carbocycles. The molecule has 2 aromatic rings. The van der Waals surface area contributed by atoms with Crippen molar-refractivity contribution in [3.05, 3.63) is 34.1 Å². The number of aromatic nitrogens is 1. The van der Waals surface area contributed by atoms with Crippen LogP contribution in [0.1, 0.15) is 31.1 Å². The average Bonchev–Trinajstić information content (AvgIpc) is 3.29. The molecule has 1 saturated heterocycles. The van der Waals surface area contributed by atoms with E-state index in [2.05, 4.69) is 15.5 Å². The van der Waals surface area contributed by atoms with Gasteiger partial charge in [-0.2, -0.15) is 0 Å². The number of ether oxygens (including phenoxy) is 3. The van der Waals surface area contributed by atoms with Crippen LogP contribution in [0.2, 0.25) is 0 Å². The molecular formula is C24H32N4O6. The monoisotopic (exact) mass is 472 g/mol. The van der Waals surface area contributed by atoms with Crippen LogP contribution in [0.25, 0.3) is 10.9 Å². The number of nitrogens with one attached hydrogen (secondary N) is 2. The summed E-state index contributed by atoms with van der Waals surface area (Å²) in [6, 6.07) is 2.60. The van der Waals surface area contributed by atoms with Crippen LogP contribution in [0, 0.1) is 5.92 Å². The minimum atomic E-state index is -0.765. The van der Waals surface area contributed by atoms with Crippen LogP contribution in [0.5, 0.6) is 11.5 Å². The maximum atomic E-state index is 13.2. The molecular weight excluding hydrogens is 440 g/mol. The molecule has 0 unspecified atom stereocenters. The standard InChI is InChI=1S/C24H32N4O6/c1-4-28-13-17(22(29)16-11-19-20(12-18(16)28)34-14-33-19)23(30)26-21(15(2)3)24(31)25-5-6-27-7-9-32-10-8-27/h11-13,15,21H,4-10,14H2,1-3H3,(H,25,31)(H,26,30)/t21-/m1/s1. The van der Waals surface area contributed by atoms with Gasteiger partial charge in [-0.25, -0.2) is 0 Å². The molecule has 4 rings (SSSR count). The summed E-state index contributed by atoms with van der Waals surface area (Å²) in [5, 5.41) is 6.06. The van der Waals surface area contributed by atoms with Crippen LogP contribution in [-0.2, 0) is 16.1 Å². The van der Waals surface area contributed by atoms with Crippen molar-refractivity contribution in [3.8, 4) is 11.5 Å². The highest BCUT2D eigenvalue weighted by Gasteiger charge is 2.27. The smallest absolute Gasteiger partial charge is 0.257 e. The van der Waals surface area contributed by atoms with E-state index < -0.39 is 17.4 Å². The quantitative estimate of drug-likeness (QED) is 0.589. The fraction of sp³-hybridized carbons (Fsp3) is 0.542. The third-order valence-electron chi connectivity index (χ3n) is 6.23. The SMILES string of the molecule is CCn1cc(C(=O)N[C@@H](C(=O)NCCN2CCOCC2)C(C)C)c(=O)c2cc3c(cc21)OCO3. The van der Waals surface area contributed by atoms with E-state index in [-0.39, 0.29) is 24.2 Å². The molecule has 10 heteroatoms. The van der Waals surface area contributed by atoms with Gasteiger partial charge in [-0.05, 0) is 18.9 Å². The molecule has 34 heavy (non-hydrogen) atoms. The van der Waals surface area contributed by atoms with Crippen LogP contribution in [0.4, 0.5) is 0 Å². The second-order valence-corrected chi connectivity index (χ2v) is 8.82. The summed E-state index contributed by atoms with van der Waals surface area (Å²) < 4.78 is 18.0. The Balaban J connectivity index is 1.50. The van der Waals surface area contributed by atoms with Crippen molar-refractivity contribution in [1.29, 1.82) is 0 Å². The van der Waals surface area contributed by atoms with Crippen LogP contribution >= 0.6 is 0 Å². The highest BCUT2D eigenvalue weighted by atomic mass is 16.7. The number of nitrogens with zero attached hydrogens (tertiary/aromatic N) is 2. The fourth-order valence-corrected chi connectivity index (χ4v) is 4.23. The molecule has 3 heterocycles. The van der Waals surface area contributed by atoms with Gasteiger partial charge < -0.3 is 29.4 Å². The molecule has 2 aliphatic heterocycles. The molecule has 1 fully saturated rings. The van der Waals surface area contributed by atoms with Crippen molar-refractivity contribution in [1.82, 2.24) is 20.1 Å². The van der Waals surface area contributed by atoms with Crippen molar-refractivity contribution in [2.45, 2.75) is 33.4 Å². The Labute approximate surface area is 198 Å². The topological polar surface area (TPSA) is 111 Å². The van der Waals surface area contributed by atoms with Crippen molar-refractivity contribution in [3.63, 3.8) is 0 Å². The first-order valence-electron chi connectivity index (χ1n) is 11.7. The highest BCUT2D eigenvalue weighted by molar-refractivity contribution is 6.00. The molecule has 1 aromatic carbocycles. The number of carbonyl (C=O) groups is 2. The summed E-state index contributed by atoms with van der Waals surface area (Å²) in [6.45, 7) is 10.6. The van der Waals surface area contributed by atoms with Gasteiger partial charge in [0.1, 0.15) is 11.6 Å². The van der Waals surface area contributed by atoms with Gasteiger partial charge in [0.15, 0.2) is 11.5 Å². The molecule has 184 valence electrons. The number of amides is 2. The van der Waals surface area contributed by atoms with E-state index in [1.165, 1.54) is 6.20 Å². The largest absolute Gasteiger partial charge is 0.454 e. The third-order valence-corrected chi connectivity index (χ3v) is 6.23. The lowest BCUT2D eigenvalue weighted by Gasteiger charge is -2.27. The molecule has 2 aliphatic rings. The first-order chi connectivity index (χ1) is 16.4. The van der Waals surface area contributed by atoms with Crippen LogP contribution in [0.3, 0.4) is 0 Å². The zero-order valence-corrected chi connectivity index (χ0v) is 19.9. The molecule has 1 atom stereocenters. The molecule has 2 amide bonds. The summed E-state index contributed by atoms with van der Waals surface area (Å²) in [5.41, 5.74) is 0.236. The van der Waals surface area contributed by atoms with E-state index >= 15 is 0 Å². The number of benzene rings is 1. The Kier molecular flexibility index (Phi) is 7.38. The molecule has 10 nitrogen and oxygen atoms in total. The summed E-state index contributed by atoms with van der Waals surface area (Å²) in [7, 11) is 0. The predicted octanol–water partition coefficient (Wildman–Crippen LogP) is 0.953. The van der Waals surface area contributed by atoms with E-state index in [1.807, 2.05) is 25.3 Å². The van der Waals surface area contributed by atoms with Crippen LogP contribution in [0.15, 0.2) is 23.1 Å². The van der Waals surface area contributed by atoms with Gasteiger partial charge in [0.25, 0.3) is 5.91 Å². The first-order valence-corrected chi connectivity index (χ1v) is 11.7. The van der Waals surface area contributed by atoms with Gasteiger partial charge >= 0.3 is 0 Å². The zero-order valence-electron chi connectivity index (χ0n) is 19.9. The number of hydrogen-bond acceptors (Lipinski definition) is 7. The maximum Gasteiger partial charge on any atom is 0.257 e. The van der Waals surface area contributed by atoms with Crippen LogP contribution in [-0.4, -0.2) is 73.5 Å². The van der Waals surface area contributed by atoms with E-state index in [0.717, 1.165) is 19.6 Å². The predicted molar refractivity (Wildman–Crippen MR) is 126 cm³/mol. The van der Waals surface area contributed by atoms with Gasteiger partial charge in [-0.1, -0.05) is 13.8 Å². The van der Waals surface area contributed by atoms with Gasteiger partial charge in [-0.3, -0.25) is 19.3 Å². The number of fused-ring (bicyclic) bond motifs is 2. The number of rotatable bonds is 8. The van der Waals surface area contributed by atoms with Crippen LogP contribution < -0.4 is 25.5 Å². The number of hydrogen-bond donors (Lipinski definition) is 2. The van der Waals surface area contributed by atoms with Crippen molar-refractivity contribution in [2.24, 2.45) is 5.92 Å². The lowest BCUT2D eigenvalue weighted by molar-refractivity contribution is -0.124. The third kappa shape index (κ3) is 5.02. The second kappa shape index (κ2) is 10.4. The van der Waals surface area contributed by atoms with Crippen molar-refractivity contribution in [2.75, 3.05) is 46.2 Å². The maximum absolute atomic E-state index is 13.2. The number of aryl methyl sites for hydroxylation is 1. The molecule has 2 N–H and O–H groups in total. The Bertz CT molecular complexity index is 1120. The van der Waals surface area contributed by atoms with E-state index in [1.54, 1.807) is 12.1 Å². The molecule has 0 aliphatic carbocycles.